The molecular weight excluding hydrogens is 404 g/mol. The van der Waals surface area contributed by atoms with Gasteiger partial charge in [-0.15, -0.1) is 0 Å². The van der Waals surface area contributed by atoms with E-state index in [9.17, 15) is 14.4 Å². The summed E-state index contributed by atoms with van der Waals surface area (Å²) in [6.07, 6.45) is 1.38. The molecule has 0 aliphatic rings. The van der Waals surface area contributed by atoms with E-state index in [-0.39, 0.29) is 11.3 Å². The van der Waals surface area contributed by atoms with E-state index in [0.29, 0.717) is 16.3 Å². The molecule has 3 N–H and O–H groups in total. The van der Waals surface area contributed by atoms with Gasteiger partial charge in [0.15, 0.2) is 0 Å². The number of anilines is 2. The Labute approximate surface area is 177 Å². The average Bonchev–Trinajstić information content (AvgIpc) is 2.76. The monoisotopic (exact) mass is 420 g/mol. The second-order valence-electron chi connectivity index (χ2n) is 6.07. The molecule has 0 aromatic heterocycles. The summed E-state index contributed by atoms with van der Waals surface area (Å²) in [5, 5.41) is 9.48. The van der Waals surface area contributed by atoms with Crippen molar-refractivity contribution in [1.82, 2.24) is 5.43 Å². The average molecular weight is 421 g/mol. The number of hydrogen-bond acceptors (Lipinski definition) is 4. The van der Waals surface area contributed by atoms with Gasteiger partial charge in [-0.2, -0.15) is 5.10 Å². The highest BCUT2D eigenvalue weighted by Gasteiger charge is 2.17. The number of amides is 3. The fourth-order valence-electron chi connectivity index (χ4n) is 2.45. The summed E-state index contributed by atoms with van der Waals surface area (Å²) >= 11 is 5.80. The Hall–Kier alpha value is -3.97. The van der Waals surface area contributed by atoms with E-state index in [1.807, 2.05) is 6.07 Å². The number of carbonyl (C=O) groups excluding carboxylic acids is 3. The van der Waals surface area contributed by atoms with Crippen molar-refractivity contribution in [3.8, 4) is 0 Å². The summed E-state index contributed by atoms with van der Waals surface area (Å²) < 4.78 is 0. The number of hydrogen-bond donors (Lipinski definition) is 3. The Kier molecular flexibility index (Phi) is 6.91. The molecule has 30 heavy (non-hydrogen) atoms. The van der Waals surface area contributed by atoms with E-state index < -0.39 is 17.7 Å². The first-order valence-corrected chi connectivity index (χ1v) is 9.26. The smallest absolute Gasteiger partial charge is 0.322 e. The van der Waals surface area contributed by atoms with Gasteiger partial charge in [0.1, 0.15) is 0 Å². The van der Waals surface area contributed by atoms with E-state index in [2.05, 4.69) is 21.2 Å². The zero-order valence-corrected chi connectivity index (χ0v) is 16.4. The number of rotatable bonds is 5. The lowest BCUT2D eigenvalue weighted by atomic mass is 10.1. The van der Waals surface area contributed by atoms with Crippen LogP contribution in [0.5, 0.6) is 0 Å². The minimum atomic E-state index is -0.974. The maximum Gasteiger partial charge on any atom is 0.329 e. The van der Waals surface area contributed by atoms with Gasteiger partial charge in [0.05, 0.1) is 17.5 Å². The summed E-state index contributed by atoms with van der Waals surface area (Å²) in [6, 6.07) is 22.0. The quantitative estimate of drug-likeness (QED) is 0.333. The van der Waals surface area contributed by atoms with Crippen molar-refractivity contribution in [2.75, 3.05) is 10.6 Å². The normalized spacial score (nSPS) is 10.4. The van der Waals surface area contributed by atoms with Crippen LogP contribution in [-0.4, -0.2) is 23.9 Å². The molecule has 0 spiro atoms. The van der Waals surface area contributed by atoms with Crippen molar-refractivity contribution < 1.29 is 14.4 Å². The molecule has 0 fully saturated rings. The minimum Gasteiger partial charge on any atom is -0.322 e. The molecule has 7 nitrogen and oxygen atoms in total. The lowest BCUT2D eigenvalue weighted by molar-refractivity contribution is -0.136. The number of nitrogens with zero attached hydrogens (tertiary/aromatic N) is 1. The first-order chi connectivity index (χ1) is 14.5. The van der Waals surface area contributed by atoms with Gasteiger partial charge in [-0.3, -0.25) is 14.4 Å². The first-order valence-electron chi connectivity index (χ1n) is 8.88. The molecule has 0 saturated heterocycles. The molecule has 0 heterocycles. The third kappa shape index (κ3) is 5.76. The molecule has 0 aliphatic carbocycles. The van der Waals surface area contributed by atoms with E-state index in [1.54, 1.807) is 66.7 Å². The van der Waals surface area contributed by atoms with Gasteiger partial charge >= 0.3 is 11.8 Å². The highest BCUT2D eigenvalue weighted by atomic mass is 35.5. The summed E-state index contributed by atoms with van der Waals surface area (Å²) in [5.74, 6) is -2.35. The Balaban J connectivity index is 1.62. The second-order valence-corrected chi connectivity index (χ2v) is 6.51. The summed E-state index contributed by atoms with van der Waals surface area (Å²) in [4.78, 5) is 36.7. The maximum atomic E-state index is 12.5. The van der Waals surface area contributed by atoms with Crippen LogP contribution in [0.2, 0.25) is 5.02 Å². The van der Waals surface area contributed by atoms with Crippen LogP contribution in [0, 0.1) is 0 Å². The van der Waals surface area contributed by atoms with Gasteiger partial charge in [-0.1, -0.05) is 54.1 Å². The van der Waals surface area contributed by atoms with Crippen LogP contribution in [0.4, 0.5) is 11.4 Å². The van der Waals surface area contributed by atoms with Crippen LogP contribution in [0.1, 0.15) is 15.9 Å². The summed E-state index contributed by atoms with van der Waals surface area (Å²) in [7, 11) is 0. The van der Waals surface area contributed by atoms with Crippen molar-refractivity contribution in [3.05, 3.63) is 95.0 Å². The molecule has 0 unspecified atom stereocenters. The van der Waals surface area contributed by atoms with E-state index in [0.717, 1.165) is 0 Å². The molecule has 150 valence electrons. The Morgan fingerprint density at radius 2 is 1.43 bits per heavy atom. The van der Waals surface area contributed by atoms with Crippen LogP contribution in [-0.2, 0) is 9.59 Å². The third-order valence-corrected chi connectivity index (χ3v) is 4.16. The van der Waals surface area contributed by atoms with E-state index in [1.165, 1.54) is 12.3 Å². The van der Waals surface area contributed by atoms with Gasteiger partial charge < -0.3 is 10.6 Å². The molecule has 0 aliphatic heterocycles. The molecule has 0 saturated carbocycles. The summed E-state index contributed by atoms with van der Waals surface area (Å²) in [5.41, 5.74) is 3.86. The molecule has 3 aromatic rings. The number of hydrazone groups is 1. The molecule has 3 aromatic carbocycles. The molecule has 3 amide bonds. The fourth-order valence-corrected chi connectivity index (χ4v) is 2.58. The molecule has 0 atom stereocenters. The zero-order valence-electron chi connectivity index (χ0n) is 15.6. The van der Waals surface area contributed by atoms with Crippen molar-refractivity contribution in [3.63, 3.8) is 0 Å². The van der Waals surface area contributed by atoms with Crippen LogP contribution in [0.3, 0.4) is 0 Å². The predicted molar refractivity (Wildman–Crippen MR) is 117 cm³/mol. The SMILES string of the molecule is O=C(N/N=C\c1ccc(Cl)cc1)C(=O)Nc1ccccc1C(=O)Nc1ccccc1. The Morgan fingerprint density at radius 1 is 0.767 bits per heavy atom. The number of benzene rings is 3. The molecule has 0 radical (unpaired) electrons. The van der Waals surface area contributed by atoms with Crippen LogP contribution in [0.15, 0.2) is 84.0 Å². The fraction of sp³-hybridized carbons (Fsp3) is 0. The highest BCUT2D eigenvalue weighted by molar-refractivity contribution is 6.40. The third-order valence-electron chi connectivity index (χ3n) is 3.91. The van der Waals surface area contributed by atoms with Crippen molar-refractivity contribution >= 4 is 46.9 Å². The van der Waals surface area contributed by atoms with Gasteiger partial charge in [-0.25, -0.2) is 5.43 Å². The number of carbonyl (C=O) groups is 3. The molecule has 8 heteroatoms. The van der Waals surface area contributed by atoms with Crippen LogP contribution in [0.25, 0.3) is 0 Å². The maximum absolute atomic E-state index is 12.5. The summed E-state index contributed by atoms with van der Waals surface area (Å²) in [6.45, 7) is 0. The van der Waals surface area contributed by atoms with Crippen molar-refractivity contribution in [2.45, 2.75) is 0 Å². The lowest BCUT2D eigenvalue weighted by Crippen LogP contribution is -2.33. The van der Waals surface area contributed by atoms with E-state index >= 15 is 0 Å². The van der Waals surface area contributed by atoms with E-state index in [4.69, 9.17) is 11.6 Å². The van der Waals surface area contributed by atoms with Gasteiger partial charge in [-0.05, 0) is 42.0 Å². The number of nitrogens with one attached hydrogen (secondary N) is 3. The largest absolute Gasteiger partial charge is 0.329 e. The first kappa shape index (κ1) is 20.8. The van der Waals surface area contributed by atoms with Crippen LogP contribution >= 0.6 is 11.6 Å². The Bertz CT molecular complexity index is 1080. The number of halogens is 1. The highest BCUT2D eigenvalue weighted by Crippen LogP contribution is 2.17. The topological polar surface area (TPSA) is 99.7 Å². The second kappa shape index (κ2) is 9.99. The molecule has 3 rings (SSSR count). The van der Waals surface area contributed by atoms with Gasteiger partial charge in [0.25, 0.3) is 5.91 Å². The molecular formula is C22H17ClN4O3. The van der Waals surface area contributed by atoms with Crippen molar-refractivity contribution in [2.24, 2.45) is 5.10 Å². The van der Waals surface area contributed by atoms with Gasteiger partial charge in [0, 0.05) is 10.7 Å². The standard InChI is InChI=1S/C22H17ClN4O3/c23-16-12-10-15(11-13-16)14-24-27-22(30)21(29)26-19-9-5-4-8-18(19)20(28)25-17-6-2-1-3-7-17/h1-14H,(H,25,28)(H,26,29)(H,27,30)/b24-14-. The minimum absolute atomic E-state index is 0.202. The molecule has 0 bridgehead atoms. The van der Waals surface area contributed by atoms with Gasteiger partial charge in [0.2, 0.25) is 0 Å². The number of para-hydroxylation sites is 2. The zero-order chi connectivity index (χ0) is 21.3. The lowest BCUT2D eigenvalue weighted by Gasteiger charge is -2.11. The van der Waals surface area contributed by atoms with Crippen molar-refractivity contribution in [1.29, 1.82) is 0 Å². The predicted octanol–water partition coefficient (Wildman–Crippen LogP) is 3.68. The van der Waals surface area contributed by atoms with Crippen LogP contribution < -0.4 is 16.1 Å². The Morgan fingerprint density at radius 3 is 2.17 bits per heavy atom.